The van der Waals surface area contributed by atoms with Gasteiger partial charge in [-0.25, -0.2) is 4.98 Å². The molecular formula is C22H24N2O3S. The van der Waals surface area contributed by atoms with Gasteiger partial charge in [0.2, 0.25) is 5.89 Å². The van der Waals surface area contributed by atoms with Crippen molar-refractivity contribution in [2.75, 3.05) is 20.2 Å². The number of hydrogen-bond acceptors (Lipinski definition) is 6. The number of para-hydroxylation sites is 1. The molecule has 1 aliphatic rings. The van der Waals surface area contributed by atoms with Crippen LogP contribution in [0.5, 0.6) is 5.75 Å². The Labute approximate surface area is 169 Å². The molecule has 146 valence electrons. The van der Waals surface area contributed by atoms with Crippen molar-refractivity contribution in [2.45, 2.75) is 26.3 Å². The number of ether oxygens (including phenoxy) is 1. The van der Waals surface area contributed by atoms with Crippen molar-refractivity contribution in [1.29, 1.82) is 0 Å². The smallest absolute Gasteiger partial charge is 0.236 e. The van der Waals surface area contributed by atoms with E-state index in [-0.39, 0.29) is 11.7 Å². The third-order valence-electron chi connectivity index (χ3n) is 5.25. The van der Waals surface area contributed by atoms with Gasteiger partial charge in [-0.05, 0) is 49.9 Å². The predicted molar refractivity (Wildman–Crippen MR) is 110 cm³/mol. The summed E-state index contributed by atoms with van der Waals surface area (Å²) in [6.07, 6.45) is 1.91. The maximum Gasteiger partial charge on any atom is 0.236 e. The number of hydrogen-bond donors (Lipinski definition) is 0. The van der Waals surface area contributed by atoms with Crippen molar-refractivity contribution >= 4 is 17.1 Å². The fourth-order valence-electron chi connectivity index (χ4n) is 3.77. The van der Waals surface area contributed by atoms with Gasteiger partial charge in [0.25, 0.3) is 0 Å². The molecule has 0 spiro atoms. The molecule has 4 rings (SSSR count). The van der Waals surface area contributed by atoms with Gasteiger partial charge >= 0.3 is 0 Å². The van der Waals surface area contributed by atoms with E-state index in [2.05, 4.69) is 4.90 Å². The monoisotopic (exact) mass is 396 g/mol. The lowest BCUT2D eigenvalue weighted by Gasteiger charge is -2.31. The van der Waals surface area contributed by atoms with Crippen LogP contribution in [-0.2, 0) is 6.54 Å². The highest BCUT2D eigenvalue weighted by molar-refractivity contribution is 7.13. The van der Waals surface area contributed by atoms with Gasteiger partial charge in [0.05, 0.1) is 23.2 Å². The van der Waals surface area contributed by atoms with E-state index in [1.165, 1.54) is 0 Å². The molecule has 28 heavy (non-hydrogen) atoms. The van der Waals surface area contributed by atoms with Gasteiger partial charge in [0.15, 0.2) is 5.78 Å². The second-order valence-corrected chi connectivity index (χ2v) is 8.09. The van der Waals surface area contributed by atoms with E-state index in [0.29, 0.717) is 23.7 Å². The van der Waals surface area contributed by atoms with Crippen molar-refractivity contribution in [1.82, 2.24) is 9.88 Å². The molecule has 1 aromatic carbocycles. The predicted octanol–water partition coefficient (Wildman–Crippen LogP) is 4.82. The Morgan fingerprint density at radius 3 is 2.96 bits per heavy atom. The summed E-state index contributed by atoms with van der Waals surface area (Å²) in [5.74, 6) is 2.33. The van der Waals surface area contributed by atoms with E-state index in [9.17, 15) is 4.79 Å². The molecule has 0 aliphatic carbocycles. The zero-order chi connectivity index (χ0) is 19.5. The molecule has 0 saturated carbocycles. The summed E-state index contributed by atoms with van der Waals surface area (Å²) in [5, 5.41) is 2.02. The van der Waals surface area contributed by atoms with Gasteiger partial charge in [-0.15, -0.1) is 11.3 Å². The first kappa shape index (κ1) is 18.9. The van der Waals surface area contributed by atoms with Gasteiger partial charge in [0, 0.05) is 19.0 Å². The number of methoxy groups -OCH3 is 1. The van der Waals surface area contributed by atoms with Crippen LogP contribution in [0.1, 0.15) is 34.7 Å². The summed E-state index contributed by atoms with van der Waals surface area (Å²) >= 11 is 1.62. The summed E-state index contributed by atoms with van der Waals surface area (Å²) in [5.41, 5.74) is 1.63. The summed E-state index contributed by atoms with van der Waals surface area (Å²) in [7, 11) is 1.61. The molecule has 5 nitrogen and oxygen atoms in total. The number of likely N-dealkylation sites (tertiary alicyclic amines) is 1. The lowest BCUT2D eigenvalue weighted by atomic mass is 9.89. The minimum atomic E-state index is -0.0194. The van der Waals surface area contributed by atoms with Crippen molar-refractivity contribution in [3.63, 3.8) is 0 Å². The molecule has 1 atom stereocenters. The van der Waals surface area contributed by atoms with Crippen LogP contribution in [0, 0.1) is 12.8 Å². The van der Waals surface area contributed by atoms with Crippen molar-refractivity contribution in [2.24, 2.45) is 5.92 Å². The second-order valence-electron chi connectivity index (χ2n) is 7.14. The highest BCUT2D eigenvalue weighted by Crippen LogP contribution is 2.29. The Morgan fingerprint density at radius 2 is 2.18 bits per heavy atom. The van der Waals surface area contributed by atoms with E-state index in [1.807, 2.05) is 48.7 Å². The lowest BCUT2D eigenvalue weighted by molar-refractivity contribution is 0.0807. The molecule has 3 aromatic rings. The SMILES string of the molecule is COc1ccccc1C(=O)[C@@H]1CCCN(Cc2nc(-c3cccs3)oc2C)C1. The van der Waals surface area contributed by atoms with Crippen LogP contribution in [-0.4, -0.2) is 35.9 Å². The number of aryl methyl sites for hydroxylation is 1. The van der Waals surface area contributed by atoms with Gasteiger partial charge in [-0.2, -0.15) is 0 Å². The quantitative estimate of drug-likeness (QED) is 0.560. The van der Waals surface area contributed by atoms with Crippen LogP contribution in [0.25, 0.3) is 10.8 Å². The van der Waals surface area contributed by atoms with Gasteiger partial charge in [-0.3, -0.25) is 9.69 Å². The second kappa shape index (κ2) is 8.29. The Morgan fingerprint density at radius 1 is 1.32 bits per heavy atom. The highest BCUT2D eigenvalue weighted by atomic mass is 32.1. The topological polar surface area (TPSA) is 55.6 Å². The number of piperidine rings is 1. The number of nitrogens with zero attached hydrogens (tertiary/aromatic N) is 2. The summed E-state index contributed by atoms with van der Waals surface area (Å²) in [6, 6.07) is 11.5. The van der Waals surface area contributed by atoms with Crippen LogP contribution in [0.3, 0.4) is 0 Å². The van der Waals surface area contributed by atoms with Crippen LogP contribution in [0.4, 0.5) is 0 Å². The van der Waals surface area contributed by atoms with Crippen molar-refractivity contribution < 1.29 is 13.9 Å². The van der Waals surface area contributed by atoms with Gasteiger partial charge in [-0.1, -0.05) is 18.2 Å². The Kier molecular flexibility index (Phi) is 5.59. The molecule has 0 bridgehead atoms. The first-order valence-electron chi connectivity index (χ1n) is 9.55. The largest absolute Gasteiger partial charge is 0.496 e. The first-order valence-corrected chi connectivity index (χ1v) is 10.4. The van der Waals surface area contributed by atoms with E-state index in [1.54, 1.807) is 18.4 Å². The first-order chi connectivity index (χ1) is 13.7. The van der Waals surface area contributed by atoms with E-state index in [0.717, 1.165) is 42.3 Å². The Bertz CT molecular complexity index is 949. The molecular weight excluding hydrogens is 372 g/mol. The number of rotatable bonds is 6. The maximum atomic E-state index is 13.1. The number of aromatic nitrogens is 1. The van der Waals surface area contributed by atoms with Crippen LogP contribution in [0.15, 0.2) is 46.2 Å². The molecule has 3 heterocycles. The molecule has 1 saturated heterocycles. The summed E-state index contributed by atoms with van der Waals surface area (Å²) in [6.45, 7) is 4.37. The average Bonchev–Trinajstić information content (AvgIpc) is 3.38. The molecule has 6 heteroatoms. The van der Waals surface area contributed by atoms with Gasteiger partial charge < -0.3 is 9.15 Å². The number of thiophene rings is 1. The third kappa shape index (κ3) is 3.88. The standard InChI is InChI=1S/C22H24N2O3S/c1-15-18(23-22(27-15)20-10-6-12-28-20)14-24-11-5-7-16(13-24)21(25)17-8-3-4-9-19(17)26-2/h3-4,6,8-10,12,16H,5,7,11,13-14H2,1-2H3/t16-/m1/s1. The highest BCUT2D eigenvalue weighted by Gasteiger charge is 2.29. The zero-order valence-electron chi connectivity index (χ0n) is 16.2. The minimum absolute atomic E-state index is 0.0194. The molecule has 1 fully saturated rings. The summed E-state index contributed by atoms with van der Waals surface area (Å²) in [4.78, 5) is 21.1. The molecule has 0 N–H and O–H groups in total. The molecule has 2 aromatic heterocycles. The number of benzene rings is 1. The van der Waals surface area contributed by atoms with E-state index < -0.39 is 0 Å². The maximum absolute atomic E-state index is 13.1. The van der Waals surface area contributed by atoms with Crippen molar-refractivity contribution in [3.8, 4) is 16.5 Å². The van der Waals surface area contributed by atoms with Crippen LogP contribution in [0.2, 0.25) is 0 Å². The van der Waals surface area contributed by atoms with E-state index >= 15 is 0 Å². The third-order valence-corrected chi connectivity index (χ3v) is 6.10. The number of ketones is 1. The molecule has 1 aliphatic heterocycles. The fourth-order valence-corrected chi connectivity index (χ4v) is 4.42. The fraction of sp³-hybridized carbons (Fsp3) is 0.364. The number of carbonyl (C=O) groups excluding carboxylic acids is 1. The number of carbonyl (C=O) groups is 1. The number of Topliss-reactive ketones (excluding diaryl/α,β-unsaturated/α-hetero) is 1. The minimum Gasteiger partial charge on any atom is -0.496 e. The zero-order valence-corrected chi connectivity index (χ0v) is 17.0. The van der Waals surface area contributed by atoms with Gasteiger partial charge in [0.1, 0.15) is 11.5 Å². The molecule has 0 unspecified atom stereocenters. The summed E-state index contributed by atoms with van der Waals surface area (Å²) < 4.78 is 11.2. The number of oxazole rings is 1. The van der Waals surface area contributed by atoms with Crippen LogP contribution >= 0.6 is 11.3 Å². The molecule has 0 amide bonds. The Balaban J connectivity index is 1.46. The van der Waals surface area contributed by atoms with E-state index in [4.69, 9.17) is 14.1 Å². The Hall–Kier alpha value is -2.44. The van der Waals surface area contributed by atoms with Crippen LogP contribution < -0.4 is 4.74 Å². The molecule has 0 radical (unpaired) electrons. The normalized spacial score (nSPS) is 17.6. The lowest BCUT2D eigenvalue weighted by Crippen LogP contribution is -2.38. The average molecular weight is 397 g/mol. The van der Waals surface area contributed by atoms with Crippen molar-refractivity contribution in [3.05, 3.63) is 58.8 Å².